The van der Waals surface area contributed by atoms with Crippen LogP contribution in [-0.4, -0.2) is 69.4 Å². The van der Waals surface area contributed by atoms with E-state index in [4.69, 9.17) is 16.3 Å². The maximum Gasteiger partial charge on any atom is 0.409 e. The smallest absolute Gasteiger partial charge is 0.409 e. The number of hydrogen-bond acceptors (Lipinski definition) is 6. The predicted octanol–water partition coefficient (Wildman–Crippen LogP) is 2.44. The van der Waals surface area contributed by atoms with E-state index in [0.29, 0.717) is 48.6 Å². The summed E-state index contributed by atoms with van der Waals surface area (Å²) in [4.78, 5) is 32.2. The van der Waals surface area contributed by atoms with E-state index in [1.165, 1.54) is 11.3 Å². The van der Waals surface area contributed by atoms with Crippen molar-refractivity contribution in [2.45, 2.75) is 27.2 Å². The Hall–Kier alpha value is -2.13. The van der Waals surface area contributed by atoms with Gasteiger partial charge < -0.3 is 14.5 Å². The van der Waals surface area contributed by atoms with Gasteiger partial charge in [-0.1, -0.05) is 11.6 Å². The van der Waals surface area contributed by atoms with Crippen LogP contribution in [0.15, 0.2) is 5.38 Å². The zero-order valence-electron chi connectivity index (χ0n) is 15.6. The molecule has 0 N–H and O–H groups in total. The Labute approximate surface area is 166 Å². The fourth-order valence-corrected chi connectivity index (χ4v) is 3.85. The lowest BCUT2D eigenvalue weighted by molar-refractivity contribution is -0.132. The van der Waals surface area contributed by atoms with E-state index in [9.17, 15) is 9.59 Å². The SMILES string of the molecule is CCOC(=O)N1CCN(C(=O)Cc2csc(-n3nc(C)c(Cl)c3C)n2)CC1. The largest absolute Gasteiger partial charge is 0.450 e. The summed E-state index contributed by atoms with van der Waals surface area (Å²) >= 11 is 7.62. The summed E-state index contributed by atoms with van der Waals surface area (Å²) in [5, 5.41) is 7.58. The van der Waals surface area contributed by atoms with Gasteiger partial charge in [-0.15, -0.1) is 11.3 Å². The first-order chi connectivity index (χ1) is 12.9. The molecule has 0 aromatic carbocycles. The normalized spacial score (nSPS) is 14.5. The van der Waals surface area contributed by atoms with Crippen LogP contribution in [0, 0.1) is 13.8 Å². The van der Waals surface area contributed by atoms with E-state index in [1.807, 2.05) is 19.2 Å². The molecule has 0 aliphatic carbocycles. The fraction of sp³-hybridized carbons (Fsp3) is 0.529. The molecule has 2 amide bonds. The molecule has 2 aromatic rings. The summed E-state index contributed by atoms with van der Waals surface area (Å²) in [6.07, 6.45) is -0.0968. The van der Waals surface area contributed by atoms with Gasteiger partial charge in [0.1, 0.15) is 0 Å². The molecule has 0 unspecified atom stereocenters. The van der Waals surface area contributed by atoms with Crippen LogP contribution in [0.5, 0.6) is 0 Å². The number of aromatic nitrogens is 3. The fourth-order valence-electron chi connectivity index (χ4n) is 2.90. The summed E-state index contributed by atoms with van der Waals surface area (Å²) in [6, 6.07) is 0. The first-order valence-corrected chi connectivity index (χ1v) is 10.0. The number of piperazine rings is 1. The van der Waals surface area contributed by atoms with Crippen molar-refractivity contribution in [1.29, 1.82) is 0 Å². The Bertz CT molecular complexity index is 842. The van der Waals surface area contributed by atoms with Crippen LogP contribution in [0.3, 0.4) is 0 Å². The Kier molecular flexibility index (Phi) is 6.01. The average molecular weight is 412 g/mol. The molecular weight excluding hydrogens is 390 g/mol. The zero-order valence-corrected chi connectivity index (χ0v) is 17.1. The average Bonchev–Trinajstić information content (AvgIpc) is 3.22. The van der Waals surface area contributed by atoms with Gasteiger partial charge in [-0.05, 0) is 20.8 Å². The first-order valence-electron chi connectivity index (χ1n) is 8.76. The van der Waals surface area contributed by atoms with Crippen LogP contribution in [-0.2, 0) is 16.0 Å². The molecule has 10 heteroatoms. The molecule has 0 atom stereocenters. The summed E-state index contributed by atoms with van der Waals surface area (Å²) in [5.74, 6) is 0.00163. The van der Waals surface area contributed by atoms with Crippen molar-refractivity contribution < 1.29 is 14.3 Å². The van der Waals surface area contributed by atoms with Crippen LogP contribution >= 0.6 is 22.9 Å². The standard InChI is InChI=1S/C17H22ClN5O3S/c1-4-26-17(25)22-7-5-21(6-8-22)14(24)9-13-10-27-16(19-13)23-12(3)15(18)11(2)20-23/h10H,4-9H2,1-3H3. The third kappa shape index (κ3) is 4.24. The van der Waals surface area contributed by atoms with E-state index in [1.54, 1.807) is 21.4 Å². The van der Waals surface area contributed by atoms with Crippen LogP contribution in [0.4, 0.5) is 4.79 Å². The third-order valence-electron chi connectivity index (χ3n) is 4.41. The minimum atomic E-state index is -0.322. The van der Waals surface area contributed by atoms with Crippen molar-refractivity contribution in [3.8, 4) is 5.13 Å². The van der Waals surface area contributed by atoms with Crippen LogP contribution in [0.2, 0.25) is 5.02 Å². The second-order valence-electron chi connectivity index (χ2n) is 6.26. The summed E-state index contributed by atoms with van der Waals surface area (Å²) in [5.41, 5.74) is 2.29. The molecule has 0 spiro atoms. The van der Waals surface area contributed by atoms with Crippen molar-refractivity contribution in [3.05, 3.63) is 27.5 Å². The molecule has 1 aliphatic rings. The molecule has 0 bridgehead atoms. The number of carbonyl (C=O) groups excluding carboxylic acids is 2. The van der Waals surface area contributed by atoms with Gasteiger partial charge >= 0.3 is 6.09 Å². The van der Waals surface area contributed by atoms with Crippen molar-refractivity contribution in [2.24, 2.45) is 0 Å². The molecule has 27 heavy (non-hydrogen) atoms. The molecule has 3 rings (SSSR count). The number of halogens is 1. The van der Waals surface area contributed by atoms with Gasteiger partial charge in [0, 0.05) is 31.6 Å². The molecule has 8 nitrogen and oxygen atoms in total. The van der Waals surface area contributed by atoms with Crippen LogP contribution in [0.1, 0.15) is 24.0 Å². The maximum atomic E-state index is 12.6. The highest BCUT2D eigenvalue weighted by molar-refractivity contribution is 7.12. The zero-order chi connectivity index (χ0) is 19.6. The number of nitrogens with zero attached hydrogens (tertiary/aromatic N) is 5. The summed E-state index contributed by atoms with van der Waals surface area (Å²) in [6.45, 7) is 7.83. The molecular formula is C17H22ClN5O3S. The van der Waals surface area contributed by atoms with Crippen molar-refractivity contribution in [2.75, 3.05) is 32.8 Å². The molecule has 2 aromatic heterocycles. The molecule has 1 aliphatic heterocycles. The lowest BCUT2D eigenvalue weighted by Gasteiger charge is -2.34. The maximum absolute atomic E-state index is 12.6. The number of aryl methyl sites for hydroxylation is 1. The van der Waals surface area contributed by atoms with Gasteiger partial charge in [0.05, 0.1) is 35.1 Å². The van der Waals surface area contributed by atoms with Crippen molar-refractivity contribution >= 4 is 34.9 Å². The van der Waals surface area contributed by atoms with Crippen LogP contribution in [0.25, 0.3) is 5.13 Å². The van der Waals surface area contributed by atoms with Crippen molar-refractivity contribution in [3.63, 3.8) is 0 Å². The van der Waals surface area contributed by atoms with Crippen LogP contribution < -0.4 is 0 Å². The van der Waals surface area contributed by atoms with Gasteiger partial charge in [-0.2, -0.15) is 5.10 Å². The summed E-state index contributed by atoms with van der Waals surface area (Å²) < 4.78 is 6.70. The number of carbonyl (C=O) groups is 2. The second-order valence-corrected chi connectivity index (χ2v) is 7.48. The number of hydrogen-bond donors (Lipinski definition) is 0. The lowest BCUT2D eigenvalue weighted by Crippen LogP contribution is -2.51. The minimum absolute atomic E-state index is 0.00163. The third-order valence-corrected chi connectivity index (χ3v) is 5.83. The molecule has 1 fully saturated rings. The number of thiazole rings is 1. The van der Waals surface area contributed by atoms with E-state index < -0.39 is 0 Å². The molecule has 0 radical (unpaired) electrons. The molecule has 146 valence electrons. The number of ether oxygens (including phenoxy) is 1. The van der Waals surface area contributed by atoms with E-state index in [0.717, 1.165) is 11.4 Å². The monoisotopic (exact) mass is 411 g/mol. The highest BCUT2D eigenvalue weighted by Gasteiger charge is 2.25. The highest BCUT2D eigenvalue weighted by Crippen LogP contribution is 2.24. The molecule has 1 saturated heterocycles. The Morgan fingerprint density at radius 1 is 1.22 bits per heavy atom. The van der Waals surface area contributed by atoms with Crippen molar-refractivity contribution in [1.82, 2.24) is 24.6 Å². The second kappa shape index (κ2) is 8.26. The van der Waals surface area contributed by atoms with Gasteiger partial charge in [0.15, 0.2) is 0 Å². The number of amides is 2. The first kappa shape index (κ1) is 19.6. The quantitative estimate of drug-likeness (QED) is 0.771. The van der Waals surface area contributed by atoms with Gasteiger partial charge in [0.2, 0.25) is 11.0 Å². The minimum Gasteiger partial charge on any atom is -0.450 e. The molecule has 3 heterocycles. The number of rotatable bonds is 4. The van der Waals surface area contributed by atoms with Gasteiger partial charge in [0.25, 0.3) is 0 Å². The van der Waals surface area contributed by atoms with E-state index in [-0.39, 0.29) is 18.4 Å². The topological polar surface area (TPSA) is 80.6 Å². The van der Waals surface area contributed by atoms with Gasteiger partial charge in [-0.3, -0.25) is 4.79 Å². The highest BCUT2D eigenvalue weighted by atomic mass is 35.5. The Morgan fingerprint density at radius 3 is 2.48 bits per heavy atom. The predicted molar refractivity (Wildman–Crippen MR) is 103 cm³/mol. The Balaban J connectivity index is 1.59. The summed E-state index contributed by atoms with van der Waals surface area (Å²) in [7, 11) is 0. The van der Waals surface area contributed by atoms with E-state index >= 15 is 0 Å². The van der Waals surface area contributed by atoms with E-state index in [2.05, 4.69) is 10.1 Å². The Morgan fingerprint density at radius 2 is 1.89 bits per heavy atom. The van der Waals surface area contributed by atoms with Gasteiger partial charge in [-0.25, -0.2) is 14.5 Å². The molecule has 0 saturated carbocycles. The lowest BCUT2D eigenvalue weighted by atomic mass is 10.2.